The van der Waals surface area contributed by atoms with Crippen LogP contribution < -0.4 is 5.32 Å². The van der Waals surface area contributed by atoms with Gasteiger partial charge in [-0.3, -0.25) is 9.79 Å². The van der Waals surface area contributed by atoms with Gasteiger partial charge in [-0.05, 0) is 58.6 Å². The molecule has 10 heteroatoms. The SMILES string of the molecule is CCNC(=NCC1CCN(C(=O)OC(C)(C)C)CC1)N1CCN(C(=O)c2ccco2)CC1.I. The first-order valence-corrected chi connectivity index (χ1v) is 11.6. The Morgan fingerprint density at radius 2 is 1.73 bits per heavy atom. The predicted octanol–water partition coefficient (Wildman–Crippen LogP) is 3.27. The van der Waals surface area contributed by atoms with Crippen LogP contribution in [0.1, 0.15) is 51.1 Å². The van der Waals surface area contributed by atoms with Gasteiger partial charge in [0.1, 0.15) is 5.60 Å². The molecule has 0 aliphatic carbocycles. The number of amides is 2. The minimum absolute atomic E-state index is 0. The van der Waals surface area contributed by atoms with E-state index in [0.717, 1.165) is 45.0 Å². The number of furan rings is 1. The number of piperazine rings is 1. The first kappa shape index (κ1) is 27.3. The topological polar surface area (TPSA) is 90.6 Å². The van der Waals surface area contributed by atoms with Crippen LogP contribution in [-0.2, 0) is 4.74 Å². The van der Waals surface area contributed by atoms with E-state index in [1.54, 1.807) is 17.0 Å². The van der Waals surface area contributed by atoms with Crippen molar-refractivity contribution in [1.29, 1.82) is 0 Å². The lowest BCUT2D eigenvalue weighted by Crippen LogP contribution is -2.53. The highest BCUT2D eigenvalue weighted by Gasteiger charge is 2.28. The van der Waals surface area contributed by atoms with E-state index in [2.05, 4.69) is 17.1 Å². The van der Waals surface area contributed by atoms with Crippen molar-refractivity contribution < 1.29 is 18.7 Å². The van der Waals surface area contributed by atoms with Crippen molar-refractivity contribution in [2.75, 3.05) is 52.4 Å². The third-order valence-corrected chi connectivity index (χ3v) is 5.70. The van der Waals surface area contributed by atoms with E-state index in [0.29, 0.717) is 37.9 Å². The Balaban J connectivity index is 0.00000385. The zero-order chi connectivity index (χ0) is 23.1. The van der Waals surface area contributed by atoms with E-state index in [4.69, 9.17) is 14.1 Å². The van der Waals surface area contributed by atoms with Crippen molar-refractivity contribution >= 4 is 41.9 Å². The molecule has 1 aromatic heterocycles. The number of piperidine rings is 1. The highest BCUT2D eigenvalue weighted by Crippen LogP contribution is 2.20. The molecule has 3 rings (SSSR count). The third-order valence-electron chi connectivity index (χ3n) is 5.70. The zero-order valence-corrected chi connectivity index (χ0v) is 22.5. The standard InChI is InChI=1S/C23H37N5O4.HI/c1-5-24-21(27-14-12-26(13-15-27)20(29)19-7-6-16-31-19)25-17-18-8-10-28(11-9-18)22(30)32-23(2,3)4;/h6-7,16,18H,5,8-15,17H2,1-4H3,(H,24,25);1H. The van der Waals surface area contributed by atoms with Crippen LogP contribution in [0.3, 0.4) is 0 Å². The van der Waals surface area contributed by atoms with Crippen LogP contribution >= 0.6 is 24.0 Å². The maximum Gasteiger partial charge on any atom is 0.410 e. The summed E-state index contributed by atoms with van der Waals surface area (Å²) in [5.74, 6) is 1.67. The van der Waals surface area contributed by atoms with Crippen LogP contribution in [0.5, 0.6) is 0 Å². The van der Waals surface area contributed by atoms with Gasteiger partial charge in [0.25, 0.3) is 5.91 Å². The first-order chi connectivity index (χ1) is 15.3. The van der Waals surface area contributed by atoms with E-state index in [-0.39, 0.29) is 36.0 Å². The molecule has 0 radical (unpaired) electrons. The molecular weight excluding hydrogens is 537 g/mol. The van der Waals surface area contributed by atoms with E-state index in [1.807, 2.05) is 25.7 Å². The maximum absolute atomic E-state index is 12.5. The second kappa shape index (κ2) is 12.5. The molecule has 0 unspecified atom stereocenters. The number of nitrogens with one attached hydrogen (secondary N) is 1. The van der Waals surface area contributed by atoms with Gasteiger partial charge in [-0.1, -0.05) is 0 Å². The molecule has 0 spiro atoms. The summed E-state index contributed by atoms with van der Waals surface area (Å²) in [4.78, 5) is 35.5. The number of nitrogens with zero attached hydrogens (tertiary/aromatic N) is 4. The number of rotatable bonds is 4. The lowest BCUT2D eigenvalue weighted by Gasteiger charge is -2.36. The van der Waals surface area contributed by atoms with Gasteiger partial charge in [0.2, 0.25) is 0 Å². The Labute approximate surface area is 213 Å². The molecule has 1 N–H and O–H groups in total. The van der Waals surface area contributed by atoms with E-state index >= 15 is 0 Å². The van der Waals surface area contributed by atoms with Crippen molar-refractivity contribution in [3.63, 3.8) is 0 Å². The number of carbonyl (C=O) groups excluding carboxylic acids is 2. The van der Waals surface area contributed by atoms with Crippen LogP contribution in [0.4, 0.5) is 4.79 Å². The molecule has 0 bridgehead atoms. The summed E-state index contributed by atoms with van der Waals surface area (Å²) in [5.41, 5.74) is -0.467. The van der Waals surface area contributed by atoms with E-state index < -0.39 is 5.60 Å². The number of ether oxygens (including phenoxy) is 1. The van der Waals surface area contributed by atoms with Gasteiger partial charge in [-0.2, -0.15) is 0 Å². The van der Waals surface area contributed by atoms with Crippen molar-refractivity contribution in [3.8, 4) is 0 Å². The molecule has 2 aliphatic heterocycles. The van der Waals surface area contributed by atoms with Crippen molar-refractivity contribution in [2.45, 2.75) is 46.1 Å². The normalized spacial score (nSPS) is 18.1. The molecule has 3 heterocycles. The molecule has 1 aromatic rings. The van der Waals surface area contributed by atoms with Crippen LogP contribution in [-0.4, -0.2) is 90.6 Å². The van der Waals surface area contributed by atoms with Gasteiger partial charge in [-0.25, -0.2) is 4.79 Å². The lowest BCUT2D eigenvalue weighted by atomic mass is 9.97. The molecule has 0 aromatic carbocycles. The van der Waals surface area contributed by atoms with Gasteiger partial charge >= 0.3 is 6.09 Å². The summed E-state index contributed by atoms with van der Waals surface area (Å²) >= 11 is 0. The van der Waals surface area contributed by atoms with Crippen LogP contribution in [0.2, 0.25) is 0 Å². The van der Waals surface area contributed by atoms with Crippen LogP contribution in [0, 0.1) is 5.92 Å². The minimum Gasteiger partial charge on any atom is -0.459 e. The molecule has 2 saturated heterocycles. The van der Waals surface area contributed by atoms with Gasteiger partial charge in [-0.15, -0.1) is 24.0 Å². The second-order valence-electron chi connectivity index (χ2n) is 9.36. The molecule has 186 valence electrons. The first-order valence-electron chi connectivity index (χ1n) is 11.6. The fraction of sp³-hybridized carbons (Fsp3) is 0.696. The molecule has 33 heavy (non-hydrogen) atoms. The fourth-order valence-electron chi connectivity index (χ4n) is 3.94. The Kier molecular flexibility index (Phi) is 10.3. The number of hydrogen-bond donors (Lipinski definition) is 1. The average molecular weight is 575 g/mol. The third kappa shape index (κ3) is 8.08. The minimum atomic E-state index is -0.467. The molecular formula is C23H38IN5O4. The molecule has 2 aliphatic rings. The fourth-order valence-corrected chi connectivity index (χ4v) is 3.94. The smallest absolute Gasteiger partial charge is 0.410 e. The van der Waals surface area contributed by atoms with Crippen molar-refractivity contribution in [3.05, 3.63) is 24.2 Å². The summed E-state index contributed by atoms with van der Waals surface area (Å²) in [7, 11) is 0. The number of hydrogen-bond acceptors (Lipinski definition) is 5. The maximum atomic E-state index is 12.5. The van der Waals surface area contributed by atoms with Gasteiger partial charge in [0.15, 0.2) is 11.7 Å². The van der Waals surface area contributed by atoms with Gasteiger partial charge < -0.3 is 29.2 Å². The Morgan fingerprint density at radius 3 is 2.27 bits per heavy atom. The Hall–Kier alpha value is -1.98. The zero-order valence-electron chi connectivity index (χ0n) is 20.2. The molecule has 0 saturated carbocycles. The summed E-state index contributed by atoms with van der Waals surface area (Å²) in [5, 5.41) is 3.39. The average Bonchev–Trinajstić information content (AvgIpc) is 3.30. The van der Waals surface area contributed by atoms with Crippen molar-refractivity contribution in [2.24, 2.45) is 10.9 Å². The van der Waals surface area contributed by atoms with Crippen LogP contribution in [0.15, 0.2) is 27.8 Å². The second-order valence-corrected chi connectivity index (χ2v) is 9.36. The molecule has 0 atom stereocenters. The van der Waals surface area contributed by atoms with Gasteiger partial charge in [0, 0.05) is 52.4 Å². The lowest BCUT2D eigenvalue weighted by molar-refractivity contribution is 0.0186. The predicted molar refractivity (Wildman–Crippen MR) is 138 cm³/mol. The Bertz CT molecular complexity index is 777. The number of likely N-dealkylation sites (tertiary alicyclic amines) is 1. The summed E-state index contributed by atoms with van der Waals surface area (Å²) in [6.07, 6.45) is 3.15. The monoisotopic (exact) mass is 575 g/mol. The largest absolute Gasteiger partial charge is 0.459 e. The highest BCUT2D eigenvalue weighted by molar-refractivity contribution is 14.0. The van der Waals surface area contributed by atoms with E-state index in [1.165, 1.54) is 6.26 Å². The summed E-state index contributed by atoms with van der Waals surface area (Å²) in [6, 6.07) is 3.44. The van der Waals surface area contributed by atoms with Crippen LogP contribution in [0.25, 0.3) is 0 Å². The number of aliphatic imine (C=N–C) groups is 1. The number of halogens is 1. The van der Waals surface area contributed by atoms with E-state index in [9.17, 15) is 9.59 Å². The quantitative estimate of drug-likeness (QED) is 0.337. The number of carbonyl (C=O) groups is 2. The molecule has 2 fully saturated rings. The summed E-state index contributed by atoms with van der Waals surface area (Å²) in [6.45, 7) is 13.4. The van der Waals surface area contributed by atoms with Crippen molar-refractivity contribution in [1.82, 2.24) is 20.0 Å². The molecule has 2 amide bonds. The molecule has 9 nitrogen and oxygen atoms in total. The number of guanidine groups is 1. The Morgan fingerprint density at radius 1 is 1.09 bits per heavy atom. The highest BCUT2D eigenvalue weighted by atomic mass is 127. The van der Waals surface area contributed by atoms with Gasteiger partial charge in [0.05, 0.1) is 6.26 Å². The summed E-state index contributed by atoms with van der Waals surface area (Å²) < 4.78 is 10.7.